The normalized spacial score (nSPS) is 20.6. The fraction of sp³-hybridized carbons (Fsp3) is 0.254. The number of rotatable bonds is 16. The van der Waals surface area contributed by atoms with Crippen LogP contribution in [-0.4, -0.2) is 95.9 Å². The molecule has 3 aliphatic heterocycles. The quantitative estimate of drug-likeness (QED) is 0.0233. The van der Waals surface area contributed by atoms with Gasteiger partial charge in [0.05, 0.1) is 55.5 Å². The highest BCUT2D eigenvalue weighted by Crippen LogP contribution is 2.66. The summed E-state index contributed by atoms with van der Waals surface area (Å²) < 4.78 is 27.9. The van der Waals surface area contributed by atoms with E-state index in [1.165, 1.54) is 42.5 Å². The minimum absolute atomic E-state index is 0.0451. The lowest BCUT2D eigenvalue weighted by Crippen LogP contribution is -2.56. The van der Waals surface area contributed by atoms with E-state index in [4.69, 9.17) is 23.7 Å². The zero-order valence-corrected chi connectivity index (χ0v) is 42.1. The van der Waals surface area contributed by atoms with E-state index >= 15 is 14.4 Å². The summed E-state index contributed by atoms with van der Waals surface area (Å²) in [5.41, 5.74) is 0.0469. The van der Waals surface area contributed by atoms with E-state index in [2.05, 4.69) is 17.2 Å². The van der Waals surface area contributed by atoms with Crippen molar-refractivity contribution >= 4 is 47.2 Å². The zero-order chi connectivity index (χ0) is 55.1. The van der Waals surface area contributed by atoms with Crippen LogP contribution in [-0.2, 0) is 54.9 Å². The molecule has 0 bridgehead atoms. The number of carbonyl (C=O) groups is 6. The molecular formula is C59H52N4O15. The van der Waals surface area contributed by atoms with Gasteiger partial charge in [-0.3, -0.25) is 39.0 Å². The summed E-state index contributed by atoms with van der Waals surface area (Å²) in [4.78, 5) is 102. The molecule has 0 radical (unpaired) electrons. The van der Waals surface area contributed by atoms with Gasteiger partial charge in [-0.05, 0) is 75.8 Å². The predicted molar refractivity (Wildman–Crippen MR) is 278 cm³/mol. The molecule has 3 heterocycles. The third-order valence-electron chi connectivity index (χ3n) is 14.2. The number of methoxy groups -OCH3 is 2. The summed E-state index contributed by atoms with van der Waals surface area (Å²) in [6.45, 7) is -1.18. The minimum atomic E-state index is -2.31. The van der Waals surface area contributed by atoms with Crippen molar-refractivity contribution in [1.29, 1.82) is 0 Å². The Labute approximate surface area is 447 Å². The molecule has 6 aromatic carbocycles. The van der Waals surface area contributed by atoms with E-state index in [9.17, 15) is 34.7 Å². The van der Waals surface area contributed by atoms with Crippen molar-refractivity contribution in [3.8, 4) is 17.6 Å². The second-order valence-electron chi connectivity index (χ2n) is 18.5. The molecule has 0 aliphatic carbocycles. The molecule has 2 fully saturated rings. The number of benzene rings is 6. The number of morpholine rings is 1. The Morgan fingerprint density at radius 1 is 0.795 bits per heavy atom. The van der Waals surface area contributed by atoms with E-state index in [-0.39, 0.29) is 48.7 Å². The largest absolute Gasteiger partial charge is 0.491 e. The topological polar surface area (TPSA) is 251 Å². The molecule has 9 rings (SSSR count). The molecule has 3 amide bonds. The molecule has 0 aromatic heterocycles. The van der Waals surface area contributed by atoms with Crippen LogP contribution in [0.2, 0.25) is 0 Å². The maximum absolute atomic E-state index is 16.7. The van der Waals surface area contributed by atoms with Gasteiger partial charge in [0.2, 0.25) is 11.8 Å². The predicted octanol–water partition coefficient (Wildman–Crippen LogP) is 6.52. The SMILES string of the molecule is COC(=O)C(CC#Cc1ccc2c(c1)C1(C(=O)N2C(=O)OCc2ccc([N+](=O)[O-])cc2)C(C(=O)NCC(O)c2ccccc2)C2C(=O)OC(c3ccccc3)C(c3ccccc3)N2C1c1ccc(OCCO)cc1)C(=O)OC. The van der Waals surface area contributed by atoms with Crippen molar-refractivity contribution in [3.05, 3.63) is 207 Å². The molecule has 3 N–H and O–H groups in total. The lowest BCUT2D eigenvalue weighted by Gasteiger charge is -2.46. The third kappa shape index (κ3) is 10.3. The fourth-order valence-corrected chi connectivity index (χ4v) is 10.7. The molecule has 0 saturated carbocycles. The first-order valence-corrected chi connectivity index (χ1v) is 24.8. The van der Waals surface area contributed by atoms with Crippen LogP contribution in [0.5, 0.6) is 5.75 Å². The van der Waals surface area contributed by atoms with Crippen LogP contribution in [0.4, 0.5) is 16.2 Å². The van der Waals surface area contributed by atoms with Gasteiger partial charge in [-0.2, -0.15) is 0 Å². The number of aliphatic hydroxyl groups is 2. The van der Waals surface area contributed by atoms with E-state index in [1.807, 2.05) is 24.3 Å². The van der Waals surface area contributed by atoms with Gasteiger partial charge in [0.1, 0.15) is 36.5 Å². The number of hydrogen-bond donors (Lipinski definition) is 3. The Morgan fingerprint density at radius 3 is 2.04 bits per heavy atom. The van der Waals surface area contributed by atoms with Crippen LogP contribution in [0.15, 0.2) is 158 Å². The molecule has 7 unspecified atom stereocenters. The standard InChI is InChI=1S/C59H52N4O15/c1-74-54(67)44(55(68)75-2)20-12-13-36-23-30-46-45(33-36)59(57(70)61(46)58(71)77-35-37-21-26-42(27-22-37)63(72)73)48(53(66)60-34-47(65)38-14-6-3-7-15-38)50-56(69)78-51(40-18-10-5-11-19-40)49(39-16-8-4-9-17-39)62(50)52(59)41-24-28-43(29-25-41)76-32-31-64/h3-11,14-19,21-30,33,44,47-52,64-65H,20,31-32,34-35H2,1-2H3,(H,60,66). The van der Waals surface area contributed by atoms with Crippen molar-refractivity contribution in [2.75, 3.05) is 38.9 Å². The number of esters is 3. The highest BCUT2D eigenvalue weighted by molar-refractivity contribution is 6.23. The molecule has 7 atom stereocenters. The van der Waals surface area contributed by atoms with E-state index in [0.29, 0.717) is 33.6 Å². The Bertz CT molecular complexity index is 3260. The first-order valence-electron chi connectivity index (χ1n) is 24.8. The first-order chi connectivity index (χ1) is 37.8. The van der Waals surface area contributed by atoms with Crippen molar-refractivity contribution in [2.45, 2.75) is 48.8 Å². The third-order valence-corrected chi connectivity index (χ3v) is 14.2. The van der Waals surface area contributed by atoms with Crippen LogP contribution in [0.25, 0.3) is 0 Å². The van der Waals surface area contributed by atoms with Gasteiger partial charge in [-0.25, -0.2) is 9.69 Å². The molecule has 19 nitrogen and oxygen atoms in total. The highest BCUT2D eigenvalue weighted by atomic mass is 16.6. The minimum Gasteiger partial charge on any atom is -0.491 e. The van der Waals surface area contributed by atoms with Crippen molar-refractivity contribution in [2.24, 2.45) is 11.8 Å². The Balaban J connectivity index is 1.30. The van der Waals surface area contributed by atoms with Gasteiger partial charge in [-0.15, -0.1) is 0 Å². The molecule has 2 saturated heterocycles. The van der Waals surface area contributed by atoms with Crippen LogP contribution in [0.1, 0.15) is 69.7 Å². The number of nitro groups is 1. The zero-order valence-electron chi connectivity index (χ0n) is 42.1. The number of carbonyl (C=O) groups excluding carboxylic acids is 6. The maximum Gasteiger partial charge on any atom is 0.421 e. The van der Waals surface area contributed by atoms with E-state index in [1.54, 1.807) is 95.9 Å². The second kappa shape index (κ2) is 23.3. The fourth-order valence-electron chi connectivity index (χ4n) is 10.7. The second-order valence-corrected chi connectivity index (χ2v) is 18.5. The van der Waals surface area contributed by atoms with Crippen LogP contribution in [0, 0.1) is 33.8 Å². The summed E-state index contributed by atoms with van der Waals surface area (Å²) >= 11 is 0. The number of imide groups is 1. The number of aliphatic hydroxyl groups excluding tert-OH is 2. The van der Waals surface area contributed by atoms with Gasteiger partial charge in [0.15, 0.2) is 5.92 Å². The lowest BCUT2D eigenvalue weighted by molar-refractivity contribution is -0.384. The molecule has 6 aromatic rings. The average molecular weight is 1060 g/mol. The van der Waals surface area contributed by atoms with E-state index in [0.717, 1.165) is 19.1 Å². The Morgan fingerprint density at radius 2 is 1.42 bits per heavy atom. The number of hydrogen-bond acceptors (Lipinski definition) is 16. The summed E-state index contributed by atoms with van der Waals surface area (Å²) in [6, 6.07) is 39.0. The monoisotopic (exact) mass is 1060 g/mol. The summed E-state index contributed by atoms with van der Waals surface area (Å²) in [6.07, 6.45) is -3.87. The number of nitro benzene ring substituents is 1. The number of cyclic esters (lactones) is 1. The molecule has 3 aliphatic rings. The Kier molecular flexibility index (Phi) is 16.0. The number of fused-ring (bicyclic) bond motifs is 3. The number of amides is 3. The van der Waals surface area contributed by atoms with Crippen LogP contribution in [0.3, 0.4) is 0 Å². The number of nitrogens with zero attached hydrogens (tertiary/aromatic N) is 3. The molecule has 1 spiro atoms. The van der Waals surface area contributed by atoms with Gasteiger partial charge in [0.25, 0.3) is 5.69 Å². The van der Waals surface area contributed by atoms with Crippen LogP contribution < -0.4 is 15.0 Å². The lowest BCUT2D eigenvalue weighted by atomic mass is 9.65. The van der Waals surface area contributed by atoms with Gasteiger partial charge >= 0.3 is 24.0 Å². The molecular weight excluding hydrogens is 1000 g/mol. The number of anilines is 1. The van der Waals surface area contributed by atoms with Crippen molar-refractivity contribution in [3.63, 3.8) is 0 Å². The molecule has 78 heavy (non-hydrogen) atoms. The van der Waals surface area contributed by atoms with Crippen LogP contribution >= 0.6 is 0 Å². The Hall–Kier alpha value is -9.22. The summed E-state index contributed by atoms with van der Waals surface area (Å²) in [5.74, 6) is -1.58. The molecule has 398 valence electrons. The van der Waals surface area contributed by atoms with Gasteiger partial charge < -0.3 is 39.2 Å². The first kappa shape index (κ1) is 53.6. The number of nitrogens with one attached hydrogen (secondary N) is 1. The van der Waals surface area contributed by atoms with Gasteiger partial charge in [0, 0.05) is 30.7 Å². The van der Waals surface area contributed by atoms with E-state index < -0.39 is 94.9 Å². The molecule has 19 heteroatoms. The summed E-state index contributed by atoms with van der Waals surface area (Å²) in [5, 5.41) is 35.5. The number of ether oxygens (including phenoxy) is 5. The highest BCUT2D eigenvalue weighted by Gasteiger charge is 2.75. The smallest absolute Gasteiger partial charge is 0.421 e. The van der Waals surface area contributed by atoms with Crippen molar-refractivity contribution in [1.82, 2.24) is 10.2 Å². The van der Waals surface area contributed by atoms with Gasteiger partial charge in [-0.1, -0.05) is 115 Å². The van der Waals surface area contributed by atoms with Crippen molar-refractivity contribution < 1.29 is 67.6 Å². The number of non-ortho nitro benzene ring substituents is 1. The average Bonchev–Trinajstić information content (AvgIpc) is 2.48. The maximum atomic E-state index is 16.7. The summed E-state index contributed by atoms with van der Waals surface area (Å²) in [7, 11) is 2.23.